The number of aromatic hydroxyl groups is 1. The summed E-state index contributed by atoms with van der Waals surface area (Å²) in [5, 5.41) is 20.6. The molecule has 0 spiro atoms. The van der Waals surface area contributed by atoms with E-state index in [0.29, 0.717) is 47.0 Å². The number of carbonyl (C=O) groups excluding carboxylic acids is 1. The smallest absolute Gasteiger partial charge is 0.336 e. The summed E-state index contributed by atoms with van der Waals surface area (Å²) in [4.78, 5) is 28.3. The van der Waals surface area contributed by atoms with Gasteiger partial charge in [0, 0.05) is 6.54 Å². The van der Waals surface area contributed by atoms with Crippen LogP contribution in [0.15, 0.2) is 35.1 Å². The first-order chi connectivity index (χ1) is 16.8. The third-order valence-corrected chi connectivity index (χ3v) is 7.39. The number of methoxy groups -OCH3 is 2. The van der Waals surface area contributed by atoms with Gasteiger partial charge in [0.1, 0.15) is 11.8 Å². The molecule has 10 heteroatoms. The van der Waals surface area contributed by atoms with Crippen LogP contribution in [0.5, 0.6) is 17.4 Å². The van der Waals surface area contributed by atoms with Crippen molar-refractivity contribution in [3.63, 3.8) is 0 Å². The molecular weight excluding hydrogens is 472 g/mol. The first-order valence-electron chi connectivity index (χ1n) is 11.1. The van der Waals surface area contributed by atoms with E-state index in [0.717, 1.165) is 5.56 Å². The number of fused-ring (bicyclic) bond motifs is 5. The van der Waals surface area contributed by atoms with Crippen molar-refractivity contribution in [2.45, 2.75) is 31.8 Å². The van der Waals surface area contributed by atoms with E-state index in [9.17, 15) is 20.0 Å². The quantitative estimate of drug-likeness (QED) is 0.583. The van der Waals surface area contributed by atoms with Crippen LogP contribution in [0.4, 0.5) is 0 Å². The van der Waals surface area contributed by atoms with E-state index in [1.165, 1.54) is 10.6 Å². The standard InChI is InChI=1S/C25H23ClN4O5/c1-13-17(6-5-15(11-27)22(13)26)30-24(32)23-18-10-16(29(23)25(30)33)12-28(18)21(31)9-14-4-7-19(34-2)20(8-14)35-3/h4-8,16,18,32H,9-10,12H2,1-3H3/t16-,18?/m1/s1. The highest BCUT2D eigenvalue weighted by atomic mass is 35.5. The second kappa shape index (κ2) is 8.40. The second-order valence-corrected chi connectivity index (χ2v) is 9.08. The van der Waals surface area contributed by atoms with Crippen LogP contribution in [-0.4, -0.2) is 45.8 Å². The van der Waals surface area contributed by atoms with Crippen molar-refractivity contribution in [1.82, 2.24) is 14.0 Å². The molecule has 2 aromatic carbocycles. The summed E-state index contributed by atoms with van der Waals surface area (Å²) >= 11 is 6.30. The molecule has 1 unspecified atom stereocenters. The number of benzene rings is 2. The van der Waals surface area contributed by atoms with Crippen molar-refractivity contribution in [3.05, 3.63) is 68.2 Å². The van der Waals surface area contributed by atoms with E-state index in [2.05, 4.69) is 0 Å². The number of imidazole rings is 1. The Balaban J connectivity index is 1.47. The van der Waals surface area contributed by atoms with Crippen molar-refractivity contribution >= 4 is 17.5 Å². The summed E-state index contributed by atoms with van der Waals surface area (Å²) in [6.45, 7) is 2.08. The van der Waals surface area contributed by atoms with Gasteiger partial charge in [0.25, 0.3) is 0 Å². The molecule has 1 saturated heterocycles. The predicted molar refractivity (Wildman–Crippen MR) is 128 cm³/mol. The van der Waals surface area contributed by atoms with Crippen LogP contribution in [0.3, 0.4) is 0 Å². The van der Waals surface area contributed by atoms with Gasteiger partial charge in [-0.1, -0.05) is 17.7 Å². The van der Waals surface area contributed by atoms with Crippen LogP contribution in [0.25, 0.3) is 5.69 Å². The van der Waals surface area contributed by atoms with E-state index in [1.54, 1.807) is 48.8 Å². The third-order valence-electron chi connectivity index (χ3n) is 6.90. The minimum absolute atomic E-state index is 0.104. The van der Waals surface area contributed by atoms with Gasteiger partial charge >= 0.3 is 5.69 Å². The van der Waals surface area contributed by atoms with Crippen molar-refractivity contribution in [1.29, 1.82) is 5.26 Å². The van der Waals surface area contributed by atoms with Gasteiger partial charge in [0.2, 0.25) is 11.8 Å². The van der Waals surface area contributed by atoms with E-state index in [1.807, 2.05) is 12.1 Å². The van der Waals surface area contributed by atoms with Crippen LogP contribution >= 0.6 is 11.6 Å². The highest BCUT2D eigenvalue weighted by Crippen LogP contribution is 2.49. The Labute approximate surface area is 206 Å². The van der Waals surface area contributed by atoms with Gasteiger partial charge in [0.05, 0.1) is 49.0 Å². The zero-order valence-electron chi connectivity index (χ0n) is 19.4. The van der Waals surface area contributed by atoms with Gasteiger partial charge in [-0.2, -0.15) is 5.26 Å². The fourth-order valence-electron chi connectivity index (χ4n) is 5.21. The highest BCUT2D eigenvalue weighted by molar-refractivity contribution is 6.32. The Morgan fingerprint density at radius 2 is 1.97 bits per heavy atom. The van der Waals surface area contributed by atoms with Crippen LogP contribution < -0.4 is 15.2 Å². The topological polar surface area (TPSA) is 110 Å². The van der Waals surface area contributed by atoms with Crippen molar-refractivity contribution < 1.29 is 19.4 Å². The molecule has 3 heterocycles. The lowest BCUT2D eigenvalue weighted by Crippen LogP contribution is -2.38. The lowest BCUT2D eigenvalue weighted by atomic mass is 10.1. The molecule has 2 aliphatic rings. The molecule has 1 aromatic heterocycles. The monoisotopic (exact) mass is 494 g/mol. The number of nitriles is 1. The number of rotatable bonds is 5. The van der Waals surface area contributed by atoms with Crippen molar-refractivity contribution in [2.75, 3.05) is 20.8 Å². The summed E-state index contributed by atoms with van der Waals surface area (Å²) in [5.41, 5.74) is 2.02. The van der Waals surface area contributed by atoms with Crippen molar-refractivity contribution in [2.24, 2.45) is 0 Å². The molecule has 0 radical (unpaired) electrons. The van der Waals surface area contributed by atoms with Gasteiger partial charge in [-0.15, -0.1) is 0 Å². The van der Waals surface area contributed by atoms with Crippen LogP contribution in [-0.2, 0) is 11.2 Å². The lowest BCUT2D eigenvalue weighted by Gasteiger charge is -2.28. The molecule has 5 rings (SSSR count). The molecule has 2 aliphatic heterocycles. The van der Waals surface area contributed by atoms with Crippen LogP contribution in [0, 0.1) is 18.3 Å². The summed E-state index contributed by atoms with van der Waals surface area (Å²) in [7, 11) is 3.09. The minimum atomic E-state index is -0.407. The van der Waals surface area contributed by atoms with Crippen LogP contribution in [0.1, 0.15) is 40.9 Å². The molecule has 9 nitrogen and oxygen atoms in total. The molecule has 0 aliphatic carbocycles. The molecule has 1 N–H and O–H groups in total. The molecule has 1 amide bonds. The number of amides is 1. The Morgan fingerprint density at radius 1 is 1.23 bits per heavy atom. The molecule has 0 saturated carbocycles. The number of carbonyl (C=O) groups is 1. The maximum atomic E-state index is 13.3. The summed E-state index contributed by atoms with van der Waals surface area (Å²) < 4.78 is 13.4. The fourth-order valence-corrected chi connectivity index (χ4v) is 5.41. The zero-order valence-corrected chi connectivity index (χ0v) is 20.2. The average molecular weight is 495 g/mol. The molecule has 2 bridgehead atoms. The zero-order chi connectivity index (χ0) is 25.0. The first kappa shape index (κ1) is 22.9. The molecule has 35 heavy (non-hydrogen) atoms. The van der Waals surface area contributed by atoms with Gasteiger partial charge in [-0.3, -0.25) is 9.36 Å². The molecular formula is C25H23ClN4O5. The van der Waals surface area contributed by atoms with E-state index < -0.39 is 6.04 Å². The lowest BCUT2D eigenvalue weighted by molar-refractivity contribution is -0.132. The number of likely N-dealkylation sites (tertiary alicyclic amines) is 1. The number of nitrogens with zero attached hydrogens (tertiary/aromatic N) is 4. The number of halogens is 1. The van der Waals surface area contributed by atoms with Gasteiger partial charge in [-0.25, -0.2) is 9.36 Å². The number of hydrogen-bond acceptors (Lipinski definition) is 6. The number of aromatic nitrogens is 2. The molecule has 3 aromatic rings. The average Bonchev–Trinajstić information content (AvgIpc) is 3.52. The molecule has 2 atom stereocenters. The van der Waals surface area contributed by atoms with E-state index in [4.69, 9.17) is 21.1 Å². The second-order valence-electron chi connectivity index (χ2n) is 8.70. The Hall–Kier alpha value is -3.90. The maximum Gasteiger partial charge on any atom is 0.336 e. The fraction of sp³-hybridized carbons (Fsp3) is 0.320. The highest BCUT2D eigenvalue weighted by Gasteiger charge is 2.49. The van der Waals surface area contributed by atoms with E-state index in [-0.39, 0.29) is 35.0 Å². The Morgan fingerprint density at radius 3 is 2.66 bits per heavy atom. The third kappa shape index (κ3) is 3.36. The minimum Gasteiger partial charge on any atom is -0.493 e. The first-order valence-corrected chi connectivity index (χ1v) is 11.4. The molecule has 1 fully saturated rings. The van der Waals surface area contributed by atoms with Crippen molar-refractivity contribution in [3.8, 4) is 29.1 Å². The number of hydrogen-bond donors (Lipinski definition) is 1. The summed E-state index contributed by atoms with van der Waals surface area (Å²) in [6, 6.07) is 9.84. The summed E-state index contributed by atoms with van der Waals surface area (Å²) in [6.07, 6.45) is 0.726. The largest absolute Gasteiger partial charge is 0.493 e. The maximum absolute atomic E-state index is 13.3. The van der Waals surface area contributed by atoms with Crippen LogP contribution in [0.2, 0.25) is 5.02 Å². The number of ether oxygens (including phenoxy) is 2. The normalized spacial score (nSPS) is 17.9. The van der Waals surface area contributed by atoms with Gasteiger partial charge in [0.15, 0.2) is 11.5 Å². The SMILES string of the molecule is COc1ccc(CC(=O)N2C[C@H]3CC2c2c(O)n(-c4ccc(C#N)c(Cl)c4C)c(=O)n23)cc1OC. The van der Waals surface area contributed by atoms with E-state index >= 15 is 0 Å². The van der Waals surface area contributed by atoms with Gasteiger partial charge < -0.3 is 19.5 Å². The summed E-state index contributed by atoms with van der Waals surface area (Å²) in [5.74, 6) is 0.807. The Bertz CT molecular complexity index is 1470. The predicted octanol–water partition coefficient (Wildman–Crippen LogP) is 3.27. The Kier molecular flexibility index (Phi) is 5.49. The van der Waals surface area contributed by atoms with Gasteiger partial charge in [-0.05, 0) is 48.7 Å². The molecule has 180 valence electrons.